The number of nitrogens with one attached hydrogen (secondary N) is 1. The smallest absolute Gasteiger partial charge is 0.165 e. The van der Waals surface area contributed by atoms with Gasteiger partial charge in [0.2, 0.25) is 0 Å². The molecule has 2 atom stereocenters. The van der Waals surface area contributed by atoms with Gasteiger partial charge in [0.1, 0.15) is 0 Å². The number of rotatable bonds is 3. The standard InChI is InChI=1S/C27H30N4O/c1-6-27(20-9-7-8-18(13-20)19-10-11-28-16(2)12-19)23-17(3)30-31-25(23)29-21-14-26(4,5)15-22(32)24(21)27/h7-13,25,29H,6,14-15H2,1-5H3. The van der Waals surface area contributed by atoms with E-state index in [-0.39, 0.29) is 17.4 Å². The van der Waals surface area contributed by atoms with Crippen molar-refractivity contribution >= 4 is 5.78 Å². The van der Waals surface area contributed by atoms with Gasteiger partial charge in [0, 0.05) is 35.2 Å². The number of nitrogens with zero attached hydrogens (tertiary/aromatic N) is 3. The van der Waals surface area contributed by atoms with Gasteiger partial charge < -0.3 is 5.32 Å². The summed E-state index contributed by atoms with van der Waals surface area (Å²) in [6, 6.07) is 12.8. The van der Waals surface area contributed by atoms with Gasteiger partial charge >= 0.3 is 0 Å². The van der Waals surface area contributed by atoms with Crippen LogP contribution in [0.4, 0.5) is 0 Å². The first kappa shape index (κ1) is 20.8. The van der Waals surface area contributed by atoms with E-state index in [1.54, 1.807) is 0 Å². The normalized spacial score (nSPS) is 26.2. The summed E-state index contributed by atoms with van der Waals surface area (Å²) >= 11 is 0. The molecule has 2 aromatic rings. The molecule has 1 aliphatic carbocycles. The number of carbonyl (C=O) groups excluding carboxylic acids is 1. The molecule has 32 heavy (non-hydrogen) atoms. The summed E-state index contributed by atoms with van der Waals surface area (Å²) in [5.74, 6) is 0.237. The molecule has 5 nitrogen and oxygen atoms in total. The van der Waals surface area contributed by atoms with Crippen LogP contribution < -0.4 is 5.32 Å². The Hall–Kier alpha value is -3.08. The predicted octanol–water partition coefficient (Wildman–Crippen LogP) is 6.02. The topological polar surface area (TPSA) is 66.7 Å². The van der Waals surface area contributed by atoms with Crippen molar-refractivity contribution in [2.75, 3.05) is 0 Å². The summed E-state index contributed by atoms with van der Waals surface area (Å²) in [5, 5.41) is 12.6. The number of fused-ring (bicyclic) bond motifs is 1. The van der Waals surface area contributed by atoms with Gasteiger partial charge in [-0.3, -0.25) is 9.78 Å². The Bertz CT molecular complexity index is 1220. The van der Waals surface area contributed by atoms with Gasteiger partial charge in [-0.2, -0.15) is 10.2 Å². The SMILES string of the molecule is CCC1(c2cccc(-c3ccnc(C)c3)c2)C2=C(CC(C)(C)CC2=O)NC2N=NC(C)=C21. The highest BCUT2D eigenvalue weighted by atomic mass is 16.1. The number of carbonyl (C=O) groups is 1. The summed E-state index contributed by atoms with van der Waals surface area (Å²) in [4.78, 5) is 18.0. The van der Waals surface area contributed by atoms with Gasteiger partial charge in [-0.15, -0.1) is 0 Å². The summed E-state index contributed by atoms with van der Waals surface area (Å²) < 4.78 is 0. The number of hydrogen-bond donors (Lipinski definition) is 1. The minimum absolute atomic E-state index is 0.0647. The Morgan fingerprint density at radius 2 is 1.88 bits per heavy atom. The molecule has 0 saturated heterocycles. The largest absolute Gasteiger partial charge is 0.362 e. The Kier molecular flexibility index (Phi) is 4.70. The van der Waals surface area contributed by atoms with E-state index in [4.69, 9.17) is 0 Å². The highest BCUT2D eigenvalue weighted by molar-refractivity contribution is 6.01. The van der Waals surface area contributed by atoms with Gasteiger partial charge in [0.05, 0.1) is 11.1 Å². The van der Waals surface area contributed by atoms with E-state index >= 15 is 0 Å². The lowest BCUT2D eigenvalue weighted by atomic mass is 9.58. The van der Waals surface area contributed by atoms with Gasteiger partial charge in [-0.25, -0.2) is 0 Å². The first-order valence-corrected chi connectivity index (χ1v) is 11.4. The molecule has 0 bridgehead atoms. The van der Waals surface area contributed by atoms with E-state index in [9.17, 15) is 4.79 Å². The second-order valence-corrected chi connectivity index (χ2v) is 10.1. The monoisotopic (exact) mass is 426 g/mol. The summed E-state index contributed by atoms with van der Waals surface area (Å²) in [7, 11) is 0. The average molecular weight is 427 g/mol. The third kappa shape index (κ3) is 3.06. The molecule has 0 spiro atoms. The van der Waals surface area contributed by atoms with Crippen LogP contribution in [0.1, 0.15) is 58.2 Å². The van der Waals surface area contributed by atoms with Crippen molar-refractivity contribution in [1.82, 2.24) is 10.3 Å². The number of pyridine rings is 1. The van der Waals surface area contributed by atoms with Gasteiger partial charge in [-0.05, 0) is 67.0 Å². The van der Waals surface area contributed by atoms with Crippen molar-refractivity contribution in [3.8, 4) is 11.1 Å². The maximum Gasteiger partial charge on any atom is 0.165 e. The molecule has 0 radical (unpaired) electrons. The van der Waals surface area contributed by atoms with Crippen LogP contribution in [0.15, 0.2) is 75.4 Å². The lowest BCUT2D eigenvalue weighted by Gasteiger charge is -2.48. The van der Waals surface area contributed by atoms with E-state index in [1.807, 2.05) is 26.1 Å². The molecule has 1 N–H and O–H groups in total. The van der Waals surface area contributed by atoms with Crippen molar-refractivity contribution in [2.24, 2.45) is 15.6 Å². The fraction of sp³-hybridized carbons (Fsp3) is 0.407. The van der Waals surface area contributed by atoms with E-state index in [0.717, 1.165) is 57.8 Å². The third-order valence-corrected chi connectivity index (χ3v) is 7.17. The lowest BCUT2D eigenvalue weighted by Crippen LogP contribution is -2.51. The van der Waals surface area contributed by atoms with E-state index in [2.05, 4.69) is 71.6 Å². The average Bonchev–Trinajstić information content (AvgIpc) is 3.12. The Balaban J connectivity index is 1.77. The molecular formula is C27H30N4O. The van der Waals surface area contributed by atoms with Crippen LogP contribution in [-0.4, -0.2) is 16.9 Å². The second kappa shape index (κ2) is 7.22. The molecule has 1 aromatic heterocycles. The van der Waals surface area contributed by atoms with Gasteiger partial charge in [-0.1, -0.05) is 39.0 Å². The number of aromatic nitrogens is 1. The molecule has 0 amide bonds. The summed E-state index contributed by atoms with van der Waals surface area (Å²) in [6.07, 6.45) is 3.83. The quantitative estimate of drug-likeness (QED) is 0.653. The highest BCUT2D eigenvalue weighted by Gasteiger charge is 2.53. The Morgan fingerprint density at radius 1 is 1.09 bits per heavy atom. The van der Waals surface area contributed by atoms with Gasteiger partial charge in [0.25, 0.3) is 0 Å². The van der Waals surface area contributed by atoms with Crippen LogP contribution in [0.25, 0.3) is 11.1 Å². The first-order chi connectivity index (χ1) is 15.2. The van der Waals surface area contributed by atoms with Crippen LogP contribution in [0.3, 0.4) is 0 Å². The molecule has 2 aliphatic heterocycles. The summed E-state index contributed by atoms with van der Waals surface area (Å²) in [5.41, 5.74) is 7.80. The maximum atomic E-state index is 13.7. The van der Waals surface area contributed by atoms with Crippen LogP contribution in [0, 0.1) is 12.3 Å². The fourth-order valence-electron chi connectivity index (χ4n) is 5.90. The first-order valence-electron chi connectivity index (χ1n) is 11.4. The Labute approximate surface area is 189 Å². The van der Waals surface area contributed by atoms with Crippen molar-refractivity contribution < 1.29 is 4.79 Å². The van der Waals surface area contributed by atoms with E-state index in [0.29, 0.717) is 6.42 Å². The molecular weight excluding hydrogens is 396 g/mol. The number of benzene rings is 1. The molecule has 3 heterocycles. The van der Waals surface area contributed by atoms with Crippen molar-refractivity contribution in [3.05, 3.63) is 76.4 Å². The van der Waals surface area contributed by atoms with Crippen molar-refractivity contribution in [3.63, 3.8) is 0 Å². The number of azo groups is 1. The van der Waals surface area contributed by atoms with Crippen LogP contribution in [-0.2, 0) is 10.2 Å². The highest BCUT2D eigenvalue weighted by Crippen LogP contribution is 2.55. The zero-order valence-electron chi connectivity index (χ0n) is 19.5. The Morgan fingerprint density at radius 3 is 2.62 bits per heavy atom. The number of hydrogen-bond acceptors (Lipinski definition) is 5. The summed E-state index contributed by atoms with van der Waals surface area (Å²) in [6.45, 7) is 10.5. The number of ketones is 1. The molecule has 1 aromatic carbocycles. The second-order valence-electron chi connectivity index (χ2n) is 10.1. The molecule has 5 rings (SSSR count). The number of allylic oxidation sites excluding steroid dienone is 3. The number of aryl methyl sites for hydroxylation is 1. The fourth-order valence-corrected chi connectivity index (χ4v) is 5.90. The van der Waals surface area contributed by atoms with Gasteiger partial charge in [0.15, 0.2) is 11.9 Å². The molecule has 0 saturated carbocycles. The van der Waals surface area contributed by atoms with E-state index in [1.165, 1.54) is 0 Å². The van der Waals surface area contributed by atoms with E-state index < -0.39 is 5.41 Å². The molecule has 3 aliphatic rings. The molecule has 0 fully saturated rings. The van der Waals surface area contributed by atoms with Crippen molar-refractivity contribution in [2.45, 2.75) is 65.5 Å². The minimum atomic E-state index is -0.523. The molecule has 5 heteroatoms. The zero-order chi connectivity index (χ0) is 22.7. The maximum absolute atomic E-state index is 13.7. The molecule has 164 valence electrons. The lowest BCUT2D eigenvalue weighted by molar-refractivity contribution is -0.119. The predicted molar refractivity (Wildman–Crippen MR) is 126 cm³/mol. The van der Waals surface area contributed by atoms with Crippen molar-refractivity contribution in [1.29, 1.82) is 0 Å². The van der Waals surface area contributed by atoms with Crippen LogP contribution in [0.2, 0.25) is 0 Å². The molecule has 2 unspecified atom stereocenters. The third-order valence-electron chi connectivity index (χ3n) is 7.17. The zero-order valence-corrected chi connectivity index (χ0v) is 19.5. The van der Waals surface area contributed by atoms with Crippen LogP contribution in [0.5, 0.6) is 0 Å². The van der Waals surface area contributed by atoms with Crippen LogP contribution >= 0.6 is 0 Å². The minimum Gasteiger partial charge on any atom is -0.362 e. The number of Topliss-reactive ketones (excluding diaryl/α,β-unsaturated/α-hetero) is 1.